The molecule has 0 saturated heterocycles. The Morgan fingerprint density at radius 3 is 2.39 bits per heavy atom. The van der Waals surface area contributed by atoms with Gasteiger partial charge in [0, 0.05) is 13.1 Å². The number of halogens is 1. The van der Waals surface area contributed by atoms with E-state index in [-0.39, 0.29) is 0 Å². The largest absolute Gasteiger partial charge is 0.298 e. The number of hydrogen-bond acceptors (Lipinski definition) is 1. The third kappa shape index (κ3) is 5.60. The molecule has 0 radical (unpaired) electrons. The van der Waals surface area contributed by atoms with Crippen LogP contribution in [-0.4, -0.2) is 18.5 Å². The van der Waals surface area contributed by atoms with Gasteiger partial charge in [-0.25, -0.2) is 4.39 Å². The van der Waals surface area contributed by atoms with Crippen LogP contribution in [0.3, 0.4) is 0 Å². The van der Waals surface area contributed by atoms with Gasteiger partial charge in [0.15, 0.2) is 0 Å². The van der Waals surface area contributed by atoms with Crippen LogP contribution >= 0.6 is 0 Å². The number of hydrogen-bond donors (Lipinski definition) is 0. The first-order valence-corrected chi connectivity index (χ1v) is 5.91. The van der Waals surface area contributed by atoms with Crippen LogP contribution in [0.15, 0.2) is 61.0 Å². The van der Waals surface area contributed by atoms with Crippen LogP contribution in [0.4, 0.5) is 4.39 Å². The van der Waals surface area contributed by atoms with Gasteiger partial charge in [-0.3, -0.25) is 4.90 Å². The summed E-state index contributed by atoms with van der Waals surface area (Å²) in [5.74, 6) is -0.447. The molecule has 96 valence electrons. The van der Waals surface area contributed by atoms with Gasteiger partial charge in [0.2, 0.25) is 0 Å². The first-order valence-electron chi connectivity index (χ1n) is 5.91. The minimum absolute atomic E-state index is 0.447. The maximum atomic E-state index is 12.4. The van der Waals surface area contributed by atoms with Gasteiger partial charge in [-0.05, 0) is 31.2 Å². The second-order valence-corrected chi connectivity index (χ2v) is 4.60. The molecule has 0 aromatic heterocycles. The molecule has 0 bridgehead atoms. The van der Waals surface area contributed by atoms with Crippen molar-refractivity contribution in [3.05, 3.63) is 72.1 Å². The fraction of sp³-hybridized carbons (Fsp3) is 0.250. The minimum atomic E-state index is -0.447. The van der Waals surface area contributed by atoms with E-state index in [9.17, 15) is 4.39 Å². The van der Waals surface area contributed by atoms with E-state index in [1.54, 1.807) is 6.08 Å². The van der Waals surface area contributed by atoms with Crippen molar-refractivity contribution >= 4 is 0 Å². The fourth-order valence-electron chi connectivity index (χ4n) is 1.67. The van der Waals surface area contributed by atoms with Crippen LogP contribution in [0.25, 0.3) is 0 Å². The Morgan fingerprint density at radius 2 is 1.83 bits per heavy atom. The molecule has 0 aliphatic carbocycles. The smallest absolute Gasteiger partial charge is 0.116 e. The minimum Gasteiger partial charge on any atom is -0.298 e. The quantitative estimate of drug-likeness (QED) is 0.684. The lowest BCUT2D eigenvalue weighted by Crippen LogP contribution is -2.19. The van der Waals surface area contributed by atoms with Gasteiger partial charge in [0.1, 0.15) is 5.83 Å². The first kappa shape index (κ1) is 14.4. The Bertz CT molecular complexity index is 443. The Hall–Kier alpha value is -1.67. The summed E-state index contributed by atoms with van der Waals surface area (Å²) in [7, 11) is 2.02. The van der Waals surface area contributed by atoms with Gasteiger partial charge < -0.3 is 0 Å². The number of nitrogens with zero attached hydrogens (tertiary/aromatic N) is 1. The molecule has 0 unspecified atom stereocenters. The van der Waals surface area contributed by atoms with E-state index >= 15 is 0 Å². The molecule has 0 N–H and O–H groups in total. The van der Waals surface area contributed by atoms with E-state index in [1.165, 1.54) is 17.2 Å². The number of rotatable bonds is 6. The zero-order valence-electron chi connectivity index (χ0n) is 11.1. The normalized spacial score (nSPS) is 11.1. The molecule has 1 rings (SSSR count). The van der Waals surface area contributed by atoms with Crippen LogP contribution in [0, 0.1) is 6.92 Å². The number of aryl methyl sites for hydroxylation is 1. The van der Waals surface area contributed by atoms with Crippen molar-refractivity contribution in [3.63, 3.8) is 0 Å². The van der Waals surface area contributed by atoms with E-state index in [1.807, 2.05) is 7.05 Å². The molecular formula is C16H20FN. The van der Waals surface area contributed by atoms with Crippen molar-refractivity contribution in [2.45, 2.75) is 13.5 Å². The fourth-order valence-corrected chi connectivity index (χ4v) is 1.67. The molecule has 0 spiro atoms. The topological polar surface area (TPSA) is 3.24 Å². The summed E-state index contributed by atoms with van der Waals surface area (Å²) >= 11 is 0. The standard InChI is InChI=1S/C16H20FN/c1-13-6-9-16(10-7-13)12-18(4)11-14(2)5-8-15(3)17/h5-10H,2-3,11-12H2,1,4H3/b8-5-. The molecule has 0 saturated carbocycles. The predicted octanol–water partition coefficient (Wildman–Crippen LogP) is 4.02. The van der Waals surface area contributed by atoms with Gasteiger partial charge in [0.05, 0.1) is 0 Å². The Labute approximate surface area is 109 Å². The van der Waals surface area contributed by atoms with Crippen molar-refractivity contribution < 1.29 is 4.39 Å². The van der Waals surface area contributed by atoms with Crippen LogP contribution < -0.4 is 0 Å². The summed E-state index contributed by atoms with van der Waals surface area (Å²) in [6.07, 6.45) is 3.00. The Kier molecular flexibility index (Phi) is 5.53. The predicted molar refractivity (Wildman–Crippen MR) is 76.0 cm³/mol. The molecule has 1 aromatic carbocycles. The molecule has 0 fully saturated rings. The van der Waals surface area contributed by atoms with Crippen molar-refractivity contribution in [1.82, 2.24) is 4.90 Å². The lowest BCUT2D eigenvalue weighted by molar-refractivity contribution is 0.358. The summed E-state index contributed by atoms with van der Waals surface area (Å²) in [4.78, 5) is 2.14. The van der Waals surface area contributed by atoms with Crippen LogP contribution in [0.5, 0.6) is 0 Å². The molecule has 1 aromatic rings. The number of likely N-dealkylation sites (N-methyl/N-ethyl adjacent to an activating group) is 1. The summed E-state index contributed by atoms with van der Waals surface area (Å²) in [6.45, 7) is 10.7. The second kappa shape index (κ2) is 6.92. The molecular weight excluding hydrogens is 225 g/mol. The summed E-state index contributed by atoms with van der Waals surface area (Å²) in [6, 6.07) is 8.44. The summed E-state index contributed by atoms with van der Waals surface area (Å²) < 4.78 is 12.4. The molecule has 1 nitrogen and oxygen atoms in total. The highest BCUT2D eigenvalue weighted by Crippen LogP contribution is 2.08. The van der Waals surface area contributed by atoms with Gasteiger partial charge in [0.25, 0.3) is 0 Å². The lowest BCUT2D eigenvalue weighted by Gasteiger charge is -2.16. The SMILES string of the molecule is C=C(F)/C=C\C(=C)CN(C)Cc1ccc(C)cc1. The highest BCUT2D eigenvalue weighted by molar-refractivity contribution is 5.23. The Balaban J connectivity index is 2.46. The Morgan fingerprint density at radius 1 is 1.22 bits per heavy atom. The van der Waals surface area contributed by atoms with Gasteiger partial charge >= 0.3 is 0 Å². The van der Waals surface area contributed by atoms with E-state index in [2.05, 4.69) is 49.2 Å². The third-order valence-corrected chi connectivity index (χ3v) is 2.55. The molecule has 0 atom stereocenters. The summed E-state index contributed by atoms with van der Waals surface area (Å²) in [5, 5.41) is 0. The number of allylic oxidation sites excluding steroid dienone is 2. The van der Waals surface area contributed by atoms with Gasteiger partial charge in [-0.15, -0.1) is 0 Å². The maximum absolute atomic E-state index is 12.4. The van der Waals surface area contributed by atoms with Crippen molar-refractivity contribution in [2.75, 3.05) is 13.6 Å². The molecule has 0 aliphatic rings. The van der Waals surface area contributed by atoms with Crippen LogP contribution in [0.2, 0.25) is 0 Å². The molecule has 0 heterocycles. The number of benzene rings is 1. The monoisotopic (exact) mass is 245 g/mol. The van der Waals surface area contributed by atoms with E-state index in [0.29, 0.717) is 6.54 Å². The van der Waals surface area contributed by atoms with Crippen molar-refractivity contribution in [1.29, 1.82) is 0 Å². The highest BCUT2D eigenvalue weighted by Gasteiger charge is 2.01. The summed E-state index contributed by atoms with van der Waals surface area (Å²) in [5.41, 5.74) is 3.38. The lowest BCUT2D eigenvalue weighted by atomic mass is 10.1. The third-order valence-electron chi connectivity index (χ3n) is 2.55. The van der Waals surface area contributed by atoms with E-state index < -0.39 is 5.83 Å². The van der Waals surface area contributed by atoms with Crippen LogP contribution in [-0.2, 0) is 6.54 Å². The van der Waals surface area contributed by atoms with Crippen LogP contribution in [0.1, 0.15) is 11.1 Å². The zero-order chi connectivity index (χ0) is 13.5. The van der Waals surface area contributed by atoms with E-state index in [4.69, 9.17) is 0 Å². The average Bonchev–Trinajstić information content (AvgIpc) is 2.29. The van der Waals surface area contributed by atoms with Gasteiger partial charge in [-0.1, -0.05) is 49.1 Å². The van der Waals surface area contributed by atoms with Gasteiger partial charge in [-0.2, -0.15) is 0 Å². The molecule has 18 heavy (non-hydrogen) atoms. The van der Waals surface area contributed by atoms with Crippen molar-refractivity contribution in [2.24, 2.45) is 0 Å². The first-order chi connectivity index (χ1) is 8.47. The second-order valence-electron chi connectivity index (χ2n) is 4.60. The average molecular weight is 245 g/mol. The molecule has 2 heteroatoms. The maximum Gasteiger partial charge on any atom is 0.116 e. The highest BCUT2D eigenvalue weighted by atomic mass is 19.1. The zero-order valence-corrected chi connectivity index (χ0v) is 11.1. The van der Waals surface area contributed by atoms with Crippen molar-refractivity contribution in [3.8, 4) is 0 Å². The van der Waals surface area contributed by atoms with E-state index in [0.717, 1.165) is 12.1 Å². The molecule has 0 aliphatic heterocycles. The molecule has 0 amide bonds.